The molecule has 0 amide bonds. The van der Waals surface area contributed by atoms with Crippen LogP contribution in [0.1, 0.15) is 0 Å². The van der Waals surface area contributed by atoms with Gasteiger partial charge in [-0.15, -0.1) is 0 Å². The first kappa shape index (κ1) is 8.52. The van der Waals surface area contributed by atoms with Crippen LogP contribution in [0, 0.1) is 6.57 Å². The zero-order valence-corrected chi connectivity index (χ0v) is 7.81. The second kappa shape index (κ2) is 3.35. The van der Waals surface area contributed by atoms with Crippen molar-refractivity contribution >= 4 is 5.69 Å². The Morgan fingerprint density at radius 3 is 2.93 bits per heavy atom. The van der Waals surface area contributed by atoms with Gasteiger partial charge in [0.2, 0.25) is 0 Å². The number of aromatic nitrogens is 2. The number of hydrogen-bond donors (Lipinski definition) is 0. The minimum atomic E-state index is 0.644. The molecule has 0 unspecified atom stereocenters. The molecule has 14 heavy (non-hydrogen) atoms. The molecule has 0 saturated carbocycles. The molecule has 2 aromatic rings. The summed E-state index contributed by atoms with van der Waals surface area (Å²) in [5.41, 5.74) is 1.62. The van der Waals surface area contributed by atoms with Gasteiger partial charge in [0.15, 0.2) is 5.69 Å². The van der Waals surface area contributed by atoms with E-state index in [1.165, 1.54) is 0 Å². The molecule has 0 spiro atoms. The van der Waals surface area contributed by atoms with Crippen LogP contribution in [-0.2, 0) is 7.05 Å². The molecular formula is C11H9N3. The van der Waals surface area contributed by atoms with E-state index in [0.717, 1.165) is 11.4 Å². The fourth-order valence-electron chi connectivity index (χ4n) is 1.36. The molecular weight excluding hydrogens is 174 g/mol. The maximum absolute atomic E-state index is 6.92. The van der Waals surface area contributed by atoms with Crippen molar-refractivity contribution in [1.82, 2.24) is 9.55 Å². The summed E-state index contributed by atoms with van der Waals surface area (Å²) in [5.74, 6) is 0.885. The monoisotopic (exact) mass is 183 g/mol. The Balaban J connectivity index is 2.53. The zero-order chi connectivity index (χ0) is 9.97. The normalized spacial score (nSPS) is 9.71. The topological polar surface area (TPSA) is 22.2 Å². The average Bonchev–Trinajstić information content (AvgIpc) is 2.65. The SMILES string of the molecule is [C-]#[N+]c1cccc(-c2nccn2C)c1. The maximum atomic E-state index is 6.92. The Kier molecular flexibility index (Phi) is 2.04. The van der Waals surface area contributed by atoms with Crippen LogP contribution < -0.4 is 0 Å². The molecule has 0 aliphatic carbocycles. The summed E-state index contributed by atoms with van der Waals surface area (Å²) in [6.07, 6.45) is 3.64. The van der Waals surface area contributed by atoms with E-state index in [4.69, 9.17) is 6.57 Å². The smallest absolute Gasteiger partial charge is 0.187 e. The van der Waals surface area contributed by atoms with Gasteiger partial charge in [-0.05, 0) is 6.07 Å². The molecule has 0 aliphatic rings. The van der Waals surface area contributed by atoms with Crippen LogP contribution in [0.15, 0.2) is 36.7 Å². The largest absolute Gasteiger partial charge is 0.334 e. The van der Waals surface area contributed by atoms with Crippen molar-refractivity contribution in [2.24, 2.45) is 7.05 Å². The Morgan fingerprint density at radius 2 is 2.29 bits per heavy atom. The van der Waals surface area contributed by atoms with E-state index in [-0.39, 0.29) is 0 Å². The molecule has 0 N–H and O–H groups in total. The molecule has 0 radical (unpaired) electrons. The molecule has 0 saturated heterocycles. The van der Waals surface area contributed by atoms with Crippen LogP contribution >= 0.6 is 0 Å². The van der Waals surface area contributed by atoms with E-state index in [0.29, 0.717) is 5.69 Å². The Bertz CT molecular complexity index is 491. The van der Waals surface area contributed by atoms with Crippen LogP contribution in [0.5, 0.6) is 0 Å². The van der Waals surface area contributed by atoms with Gasteiger partial charge in [0.25, 0.3) is 0 Å². The number of benzene rings is 1. The number of imidazole rings is 1. The standard InChI is InChI=1S/C11H9N3/c1-12-10-5-3-4-9(8-10)11-13-6-7-14(11)2/h3-8H,2H3. The van der Waals surface area contributed by atoms with Gasteiger partial charge in [-0.3, -0.25) is 0 Å². The summed E-state index contributed by atoms with van der Waals surface area (Å²) in [7, 11) is 1.94. The minimum absolute atomic E-state index is 0.644. The number of nitrogens with zero attached hydrogens (tertiary/aromatic N) is 3. The number of aryl methyl sites for hydroxylation is 1. The lowest BCUT2D eigenvalue weighted by Crippen LogP contribution is -1.90. The molecule has 0 bridgehead atoms. The molecule has 0 aliphatic heterocycles. The average molecular weight is 183 g/mol. The second-order valence-electron chi connectivity index (χ2n) is 3.02. The molecule has 0 atom stereocenters. The van der Waals surface area contributed by atoms with E-state index in [1.807, 2.05) is 36.0 Å². The van der Waals surface area contributed by atoms with Crippen molar-refractivity contribution in [2.75, 3.05) is 0 Å². The third-order valence-corrected chi connectivity index (χ3v) is 2.05. The van der Waals surface area contributed by atoms with E-state index in [2.05, 4.69) is 9.83 Å². The summed E-state index contributed by atoms with van der Waals surface area (Å²) in [4.78, 5) is 7.61. The van der Waals surface area contributed by atoms with E-state index in [1.54, 1.807) is 12.3 Å². The Labute approximate surface area is 82.5 Å². The van der Waals surface area contributed by atoms with Crippen molar-refractivity contribution in [3.05, 3.63) is 48.1 Å². The summed E-state index contributed by atoms with van der Waals surface area (Å²) in [5, 5.41) is 0. The van der Waals surface area contributed by atoms with Gasteiger partial charge in [0, 0.05) is 25.0 Å². The second-order valence-corrected chi connectivity index (χ2v) is 3.02. The maximum Gasteiger partial charge on any atom is 0.187 e. The highest BCUT2D eigenvalue weighted by Crippen LogP contribution is 2.21. The molecule has 3 heteroatoms. The molecule has 68 valence electrons. The fourth-order valence-corrected chi connectivity index (χ4v) is 1.36. The molecule has 3 nitrogen and oxygen atoms in total. The number of hydrogen-bond acceptors (Lipinski definition) is 1. The van der Waals surface area contributed by atoms with E-state index >= 15 is 0 Å². The lowest BCUT2D eigenvalue weighted by molar-refractivity contribution is 0.925. The van der Waals surface area contributed by atoms with Crippen LogP contribution in [0.4, 0.5) is 5.69 Å². The first-order chi connectivity index (χ1) is 6.81. The van der Waals surface area contributed by atoms with Gasteiger partial charge in [0.1, 0.15) is 5.82 Å². The molecule has 2 rings (SSSR count). The van der Waals surface area contributed by atoms with Gasteiger partial charge in [-0.25, -0.2) is 9.83 Å². The molecule has 1 aromatic carbocycles. The molecule has 1 aromatic heterocycles. The highest BCUT2D eigenvalue weighted by Gasteiger charge is 2.02. The van der Waals surface area contributed by atoms with Crippen molar-refractivity contribution < 1.29 is 0 Å². The van der Waals surface area contributed by atoms with Gasteiger partial charge >= 0.3 is 0 Å². The predicted molar refractivity (Wildman–Crippen MR) is 54.9 cm³/mol. The fraction of sp³-hybridized carbons (Fsp3) is 0.0909. The van der Waals surface area contributed by atoms with E-state index < -0.39 is 0 Å². The highest BCUT2D eigenvalue weighted by molar-refractivity contribution is 5.63. The van der Waals surface area contributed by atoms with E-state index in [9.17, 15) is 0 Å². The first-order valence-electron chi connectivity index (χ1n) is 4.26. The summed E-state index contributed by atoms with van der Waals surface area (Å²) < 4.78 is 1.93. The lowest BCUT2D eigenvalue weighted by Gasteiger charge is -2.01. The van der Waals surface area contributed by atoms with Crippen molar-refractivity contribution in [3.63, 3.8) is 0 Å². The van der Waals surface area contributed by atoms with Gasteiger partial charge in [-0.1, -0.05) is 18.2 Å². The number of rotatable bonds is 1. The quantitative estimate of drug-likeness (QED) is 0.623. The first-order valence-corrected chi connectivity index (χ1v) is 4.26. The Hall–Kier alpha value is -2.08. The van der Waals surface area contributed by atoms with Crippen LogP contribution in [-0.4, -0.2) is 9.55 Å². The zero-order valence-electron chi connectivity index (χ0n) is 7.81. The van der Waals surface area contributed by atoms with Crippen molar-refractivity contribution in [2.45, 2.75) is 0 Å². The van der Waals surface area contributed by atoms with Gasteiger partial charge in [0.05, 0.1) is 6.57 Å². The minimum Gasteiger partial charge on any atom is -0.334 e. The summed E-state index contributed by atoms with van der Waals surface area (Å²) >= 11 is 0. The molecule has 0 fully saturated rings. The van der Waals surface area contributed by atoms with Crippen molar-refractivity contribution in [3.8, 4) is 11.4 Å². The van der Waals surface area contributed by atoms with Crippen LogP contribution in [0.3, 0.4) is 0 Å². The lowest BCUT2D eigenvalue weighted by atomic mass is 10.2. The molecule has 1 heterocycles. The van der Waals surface area contributed by atoms with Gasteiger partial charge in [-0.2, -0.15) is 0 Å². The van der Waals surface area contributed by atoms with Crippen LogP contribution in [0.25, 0.3) is 16.2 Å². The van der Waals surface area contributed by atoms with Gasteiger partial charge < -0.3 is 4.57 Å². The highest BCUT2D eigenvalue weighted by atomic mass is 15.0. The third kappa shape index (κ3) is 1.38. The summed E-state index contributed by atoms with van der Waals surface area (Å²) in [6.45, 7) is 6.92. The Morgan fingerprint density at radius 1 is 1.43 bits per heavy atom. The van der Waals surface area contributed by atoms with Crippen LogP contribution in [0.2, 0.25) is 0 Å². The van der Waals surface area contributed by atoms with Crippen molar-refractivity contribution in [1.29, 1.82) is 0 Å². The predicted octanol–water partition coefficient (Wildman–Crippen LogP) is 2.64. The third-order valence-electron chi connectivity index (χ3n) is 2.05. The summed E-state index contributed by atoms with van der Waals surface area (Å²) in [6, 6.07) is 7.46.